The molecule has 0 saturated heterocycles. The second-order valence-electron chi connectivity index (χ2n) is 3.76. The van der Waals surface area contributed by atoms with Gasteiger partial charge in [0.25, 0.3) is 0 Å². The molecule has 0 unspecified atom stereocenters. The van der Waals surface area contributed by atoms with Crippen LogP contribution in [0, 0.1) is 11.6 Å². The standard InChI is InChI=1S/C12H13F2NO3/c1-7(16)15-11(12(17)18-2)5-8-3-9(13)6-10(14)4-8/h3-4,6,11H,5H2,1-2H3,(H,15,16)/t11-/m1/s1. The van der Waals surface area contributed by atoms with E-state index in [9.17, 15) is 18.4 Å². The van der Waals surface area contributed by atoms with E-state index in [0.717, 1.165) is 18.2 Å². The van der Waals surface area contributed by atoms with Crippen LogP contribution in [-0.2, 0) is 20.7 Å². The Kier molecular flexibility index (Phi) is 4.76. The third kappa shape index (κ3) is 4.12. The molecule has 0 aliphatic rings. The van der Waals surface area contributed by atoms with Crippen molar-refractivity contribution in [3.05, 3.63) is 35.4 Å². The second kappa shape index (κ2) is 6.09. The lowest BCUT2D eigenvalue weighted by Crippen LogP contribution is -2.42. The number of hydrogen-bond acceptors (Lipinski definition) is 3. The van der Waals surface area contributed by atoms with Crippen molar-refractivity contribution in [2.75, 3.05) is 7.11 Å². The molecule has 98 valence electrons. The number of hydrogen-bond donors (Lipinski definition) is 1. The van der Waals surface area contributed by atoms with Gasteiger partial charge < -0.3 is 10.1 Å². The largest absolute Gasteiger partial charge is 0.467 e. The van der Waals surface area contributed by atoms with Crippen LogP contribution < -0.4 is 5.32 Å². The molecule has 6 heteroatoms. The number of nitrogens with one attached hydrogen (secondary N) is 1. The smallest absolute Gasteiger partial charge is 0.328 e. The van der Waals surface area contributed by atoms with Crippen LogP contribution in [0.25, 0.3) is 0 Å². The number of methoxy groups -OCH3 is 1. The van der Waals surface area contributed by atoms with Crippen LogP contribution in [-0.4, -0.2) is 25.0 Å². The Balaban J connectivity index is 2.88. The van der Waals surface area contributed by atoms with Crippen molar-refractivity contribution < 1.29 is 23.1 Å². The van der Waals surface area contributed by atoms with E-state index >= 15 is 0 Å². The average Bonchev–Trinajstić information content (AvgIpc) is 2.25. The molecule has 0 bridgehead atoms. The number of benzene rings is 1. The summed E-state index contributed by atoms with van der Waals surface area (Å²) < 4.78 is 30.5. The monoisotopic (exact) mass is 257 g/mol. The summed E-state index contributed by atoms with van der Waals surface area (Å²) in [5, 5.41) is 2.36. The van der Waals surface area contributed by atoms with Gasteiger partial charge in [-0.1, -0.05) is 0 Å². The van der Waals surface area contributed by atoms with Crippen molar-refractivity contribution in [1.29, 1.82) is 0 Å². The van der Waals surface area contributed by atoms with Crippen LogP contribution in [0.15, 0.2) is 18.2 Å². The van der Waals surface area contributed by atoms with Gasteiger partial charge in [0.05, 0.1) is 7.11 Å². The van der Waals surface area contributed by atoms with E-state index in [0.29, 0.717) is 0 Å². The third-order valence-electron chi connectivity index (χ3n) is 2.23. The zero-order valence-electron chi connectivity index (χ0n) is 10.00. The number of amides is 1. The molecule has 0 radical (unpaired) electrons. The minimum atomic E-state index is -0.964. The molecule has 0 fully saturated rings. The normalized spacial score (nSPS) is 11.8. The van der Waals surface area contributed by atoms with E-state index in [1.807, 2.05) is 0 Å². The fourth-order valence-corrected chi connectivity index (χ4v) is 1.55. The van der Waals surface area contributed by atoms with E-state index in [2.05, 4.69) is 10.1 Å². The van der Waals surface area contributed by atoms with E-state index < -0.39 is 29.6 Å². The molecule has 18 heavy (non-hydrogen) atoms. The van der Waals surface area contributed by atoms with Gasteiger partial charge in [0.1, 0.15) is 17.7 Å². The highest BCUT2D eigenvalue weighted by Gasteiger charge is 2.21. The lowest BCUT2D eigenvalue weighted by molar-refractivity contribution is -0.144. The number of esters is 1. The molecule has 1 aromatic carbocycles. The topological polar surface area (TPSA) is 55.4 Å². The van der Waals surface area contributed by atoms with Gasteiger partial charge in [0.15, 0.2) is 0 Å². The molecule has 0 aliphatic heterocycles. The summed E-state index contributed by atoms with van der Waals surface area (Å²) in [5.41, 5.74) is 0.261. The Hall–Kier alpha value is -1.98. The molecule has 1 aromatic rings. The number of halogens is 2. The Morgan fingerprint density at radius 3 is 2.28 bits per heavy atom. The summed E-state index contributed by atoms with van der Waals surface area (Å²) in [7, 11) is 1.17. The van der Waals surface area contributed by atoms with E-state index in [1.54, 1.807) is 0 Å². The van der Waals surface area contributed by atoms with Crippen LogP contribution in [0.2, 0.25) is 0 Å². The van der Waals surface area contributed by atoms with Gasteiger partial charge in [-0.3, -0.25) is 4.79 Å². The Bertz CT molecular complexity index is 442. The van der Waals surface area contributed by atoms with E-state index in [1.165, 1.54) is 14.0 Å². The van der Waals surface area contributed by atoms with E-state index in [4.69, 9.17) is 0 Å². The van der Waals surface area contributed by atoms with Gasteiger partial charge in [-0.05, 0) is 17.7 Å². The van der Waals surface area contributed by atoms with Crippen molar-refractivity contribution >= 4 is 11.9 Å². The number of carbonyl (C=O) groups excluding carboxylic acids is 2. The van der Waals surface area contributed by atoms with Gasteiger partial charge in [-0.25, -0.2) is 13.6 Å². The first-order chi connectivity index (χ1) is 8.42. The lowest BCUT2D eigenvalue weighted by atomic mass is 10.1. The van der Waals surface area contributed by atoms with Gasteiger partial charge in [0.2, 0.25) is 5.91 Å². The Labute approximate surface area is 103 Å². The first-order valence-electron chi connectivity index (χ1n) is 5.22. The van der Waals surface area contributed by atoms with Gasteiger partial charge in [0, 0.05) is 19.4 Å². The first kappa shape index (κ1) is 14.1. The summed E-state index contributed by atoms with van der Waals surface area (Å²) >= 11 is 0. The van der Waals surface area contributed by atoms with Crippen LogP contribution in [0.5, 0.6) is 0 Å². The summed E-state index contributed by atoms with van der Waals surface area (Å²) in [5.74, 6) is -2.58. The van der Waals surface area contributed by atoms with Crippen molar-refractivity contribution in [3.63, 3.8) is 0 Å². The van der Waals surface area contributed by atoms with Crippen molar-refractivity contribution in [2.45, 2.75) is 19.4 Å². The zero-order valence-corrected chi connectivity index (χ0v) is 10.00. The second-order valence-corrected chi connectivity index (χ2v) is 3.76. The maximum atomic E-state index is 13.0. The van der Waals surface area contributed by atoms with Crippen LogP contribution in [0.4, 0.5) is 8.78 Å². The fraction of sp³-hybridized carbons (Fsp3) is 0.333. The molecule has 0 aromatic heterocycles. The molecule has 0 heterocycles. The maximum Gasteiger partial charge on any atom is 0.328 e. The van der Waals surface area contributed by atoms with Crippen molar-refractivity contribution in [2.24, 2.45) is 0 Å². The predicted octanol–water partition coefficient (Wildman–Crippen LogP) is 1.18. The molecular formula is C12H13F2NO3. The SMILES string of the molecule is COC(=O)[C@@H](Cc1cc(F)cc(F)c1)NC(C)=O. The molecular weight excluding hydrogens is 244 g/mol. The quantitative estimate of drug-likeness (QED) is 0.824. The highest BCUT2D eigenvalue weighted by atomic mass is 19.1. The highest BCUT2D eigenvalue weighted by molar-refractivity contribution is 5.83. The molecule has 0 saturated carbocycles. The third-order valence-corrected chi connectivity index (χ3v) is 2.23. The van der Waals surface area contributed by atoms with Crippen molar-refractivity contribution in [1.82, 2.24) is 5.32 Å². The summed E-state index contributed by atoms with van der Waals surface area (Å²) in [4.78, 5) is 22.3. The number of ether oxygens (including phenoxy) is 1. The van der Waals surface area contributed by atoms with Crippen LogP contribution in [0.3, 0.4) is 0 Å². The molecule has 1 amide bonds. The molecule has 1 N–H and O–H groups in total. The minimum absolute atomic E-state index is 0.0407. The van der Waals surface area contributed by atoms with E-state index in [-0.39, 0.29) is 12.0 Å². The summed E-state index contributed by atoms with van der Waals surface area (Å²) in [6.45, 7) is 1.24. The van der Waals surface area contributed by atoms with Crippen molar-refractivity contribution in [3.8, 4) is 0 Å². The highest BCUT2D eigenvalue weighted by Crippen LogP contribution is 2.10. The first-order valence-corrected chi connectivity index (χ1v) is 5.22. The van der Waals surface area contributed by atoms with Gasteiger partial charge in [-0.15, -0.1) is 0 Å². The molecule has 1 rings (SSSR count). The van der Waals surface area contributed by atoms with Gasteiger partial charge in [-0.2, -0.15) is 0 Å². The minimum Gasteiger partial charge on any atom is -0.467 e. The molecule has 4 nitrogen and oxygen atoms in total. The Morgan fingerprint density at radius 1 is 1.28 bits per heavy atom. The molecule has 0 aliphatic carbocycles. The summed E-state index contributed by atoms with van der Waals surface area (Å²) in [6, 6.07) is 1.96. The lowest BCUT2D eigenvalue weighted by Gasteiger charge is -2.15. The molecule has 1 atom stereocenters. The Morgan fingerprint density at radius 2 is 1.83 bits per heavy atom. The van der Waals surface area contributed by atoms with Crippen LogP contribution >= 0.6 is 0 Å². The fourth-order valence-electron chi connectivity index (χ4n) is 1.55. The molecule has 0 spiro atoms. The number of carbonyl (C=O) groups is 2. The summed E-state index contributed by atoms with van der Waals surface area (Å²) in [6.07, 6.45) is -0.0407. The average molecular weight is 257 g/mol. The number of rotatable bonds is 4. The maximum absolute atomic E-state index is 13.0. The predicted molar refractivity (Wildman–Crippen MR) is 59.7 cm³/mol. The zero-order chi connectivity index (χ0) is 13.7. The van der Waals surface area contributed by atoms with Crippen LogP contribution in [0.1, 0.15) is 12.5 Å². The van der Waals surface area contributed by atoms with Gasteiger partial charge >= 0.3 is 5.97 Å².